The molecule has 0 aliphatic carbocycles. The molecular formula is C13H20N2O3. The van der Waals surface area contributed by atoms with Crippen LogP contribution in [-0.2, 0) is 4.79 Å². The monoisotopic (exact) mass is 252 g/mol. The van der Waals surface area contributed by atoms with Crippen molar-refractivity contribution in [3.05, 3.63) is 23.8 Å². The molecule has 1 aromatic rings. The summed E-state index contributed by atoms with van der Waals surface area (Å²) in [6, 6.07) is 4.34. The van der Waals surface area contributed by atoms with Gasteiger partial charge in [-0.2, -0.15) is 0 Å². The molecule has 0 radical (unpaired) electrons. The first kappa shape index (κ1) is 14.3. The predicted octanol–water partition coefficient (Wildman–Crippen LogP) is 1.35. The summed E-state index contributed by atoms with van der Waals surface area (Å²) in [6.45, 7) is 5.75. The Balaban J connectivity index is 3.09. The molecule has 0 aliphatic rings. The Bertz CT molecular complexity index is 412. The number of hydrogen-bond donors (Lipinski definition) is 3. The average Bonchev–Trinajstić information content (AvgIpc) is 2.24. The molecule has 0 spiro atoms. The van der Waals surface area contributed by atoms with E-state index in [1.807, 2.05) is 25.7 Å². The van der Waals surface area contributed by atoms with Gasteiger partial charge in [0.1, 0.15) is 11.5 Å². The molecule has 0 saturated heterocycles. The van der Waals surface area contributed by atoms with Crippen molar-refractivity contribution in [3.8, 4) is 11.5 Å². The van der Waals surface area contributed by atoms with E-state index in [4.69, 9.17) is 5.73 Å². The molecule has 0 aromatic heterocycles. The second-order valence-electron chi connectivity index (χ2n) is 4.62. The zero-order valence-electron chi connectivity index (χ0n) is 10.9. The fourth-order valence-corrected chi connectivity index (χ4v) is 2.08. The first-order chi connectivity index (χ1) is 8.34. The van der Waals surface area contributed by atoms with Crippen molar-refractivity contribution >= 4 is 5.91 Å². The molecule has 5 nitrogen and oxygen atoms in total. The van der Waals surface area contributed by atoms with Crippen molar-refractivity contribution in [2.45, 2.75) is 32.9 Å². The lowest BCUT2D eigenvalue weighted by Gasteiger charge is -2.32. The smallest absolute Gasteiger partial charge is 0.231 e. The van der Waals surface area contributed by atoms with E-state index in [1.165, 1.54) is 12.1 Å². The molecule has 0 aliphatic heterocycles. The van der Waals surface area contributed by atoms with Crippen LogP contribution in [0.5, 0.6) is 11.5 Å². The highest BCUT2D eigenvalue weighted by Crippen LogP contribution is 2.36. The molecule has 1 rings (SSSR count). The second kappa shape index (κ2) is 5.73. The topological polar surface area (TPSA) is 86.8 Å². The van der Waals surface area contributed by atoms with E-state index in [9.17, 15) is 15.0 Å². The molecule has 1 atom stereocenters. The minimum atomic E-state index is -0.439. The van der Waals surface area contributed by atoms with Crippen molar-refractivity contribution in [1.82, 2.24) is 4.90 Å². The summed E-state index contributed by atoms with van der Waals surface area (Å²) in [4.78, 5) is 12.9. The minimum absolute atomic E-state index is 0.0117. The highest BCUT2D eigenvalue weighted by atomic mass is 16.3. The van der Waals surface area contributed by atoms with E-state index in [1.54, 1.807) is 6.07 Å². The Morgan fingerprint density at radius 3 is 2.17 bits per heavy atom. The van der Waals surface area contributed by atoms with Gasteiger partial charge in [0.25, 0.3) is 0 Å². The van der Waals surface area contributed by atoms with E-state index < -0.39 is 5.91 Å². The first-order valence-electron chi connectivity index (χ1n) is 5.89. The maximum Gasteiger partial charge on any atom is 0.231 e. The molecule has 5 heteroatoms. The number of carbonyl (C=O) groups is 1. The van der Waals surface area contributed by atoms with Gasteiger partial charge in [0.15, 0.2) is 0 Å². The normalized spacial score (nSPS) is 12.9. The van der Waals surface area contributed by atoms with Crippen LogP contribution in [0.2, 0.25) is 0 Å². The molecule has 0 heterocycles. The van der Waals surface area contributed by atoms with E-state index in [0.29, 0.717) is 5.56 Å². The van der Waals surface area contributed by atoms with Crippen molar-refractivity contribution in [3.63, 3.8) is 0 Å². The van der Waals surface area contributed by atoms with Crippen LogP contribution in [-0.4, -0.2) is 33.6 Å². The third-order valence-corrected chi connectivity index (χ3v) is 2.98. The van der Waals surface area contributed by atoms with Gasteiger partial charge in [-0.05, 0) is 32.9 Å². The van der Waals surface area contributed by atoms with Crippen LogP contribution in [0.25, 0.3) is 0 Å². The van der Waals surface area contributed by atoms with E-state index in [-0.39, 0.29) is 30.1 Å². The second-order valence-corrected chi connectivity index (χ2v) is 4.62. The largest absolute Gasteiger partial charge is 0.507 e. The lowest BCUT2D eigenvalue weighted by atomic mass is 10.0. The van der Waals surface area contributed by atoms with Crippen LogP contribution in [0.15, 0.2) is 18.2 Å². The number of aromatic hydroxyl groups is 2. The van der Waals surface area contributed by atoms with Gasteiger partial charge < -0.3 is 15.9 Å². The van der Waals surface area contributed by atoms with E-state index in [2.05, 4.69) is 0 Å². The van der Waals surface area contributed by atoms with Crippen LogP contribution < -0.4 is 5.73 Å². The van der Waals surface area contributed by atoms with Gasteiger partial charge in [0.05, 0.1) is 12.1 Å². The molecule has 1 amide bonds. The number of primary amides is 1. The standard InChI is InChI=1S/C13H20N2O3/c1-8(2)15(7-12(14)18)9(3)13-10(16)5-4-6-11(13)17/h4-6,8-9,16-17H,7H2,1-3H3,(H2,14,18). The Labute approximate surface area is 107 Å². The van der Waals surface area contributed by atoms with Gasteiger partial charge >= 0.3 is 0 Å². The summed E-state index contributed by atoms with van der Waals surface area (Å²) in [5.74, 6) is -0.416. The summed E-state index contributed by atoms with van der Waals surface area (Å²) in [6.07, 6.45) is 0. The number of carbonyl (C=O) groups excluding carboxylic acids is 1. The van der Waals surface area contributed by atoms with Crippen molar-refractivity contribution in [1.29, 1.82) is 0 Å². The van der Waals surface area contributed by atoms with Gasteiger partial charge in [0.2, 0.25) is 5.91 Å². The molecule has 4 N–H and O–H groups in total. The fraction of sp³-hybridized carbons (Fsp3) is 0.462. The number of amides is 1. The summed E-state index contributed by atoms with van der Waals surface area (Å²) in [7, 11) is 0. The minimum Gasteiger partial charge on any atom is -0.507 e. The summed E-state index contributed by atoms with van der Waals surface area (Å²) >= 11 is 0. The molecular weight excluding hydrogens is 232 g/mol. The molecule has 100 valence electrons. The van der Waals surface area contributed by atoms with Gasteiger partial charge in [-0.25, -0.2) is 0 Å². The maximum atomic E-state index is 11.1. The summed E-state index contributed by atoms with van der Waals surface area (Å²) in [5.41, 5.74) is 5.63. The molecule has 1 unspecified atom stereocenters. The Kier molecular flexibility index (Phi) is 4.55. The molecule has 0 saturated carbocycles. The third-order valence-electron chi connectivity index (χ3n) is 2.98. The number of nitrogens with zero attached hydrogens (tertiary/aromatic N) is 1. The highest BCUT2D eigenvalue weighted by molar-refractivity contribution is 5.76. The van der Waals surface area contributed by atoms with Gasteiger partial charge in [-0.3, -0.25) is 9.69 Å². The van der Waals surface area contributed by atoms with Crippen molar-refractivity contribution in [2.24, 2.45) is 5.73 Å². The highest BCUT2D eigenvalue weighted by Gasteiger charge is 2.24. The molecule has 18 heavy (non-hydrogen) atoms. The fourth-order valence-electron chi connectivity index (χ4n) is 2.08. The van der Waals surface area contributed by atoms with Crippen molar-refractivity contribution in [2.75, 3.05) is 6.54 Å². The lowest BCUT2D eigenvalue weighted by Crippen LogP contribution is -2.40. The van der Waals surface area contributed by atoms with Crippen LogP contribution in [0.3, 0.4) is 0 Å². The SMILES string of the molecule is CC(C)N(CC(N)=O)C(C)c1c(O)cccc1O. The summed E-state index contributed by atoms with van der Waals surface area (Å²) < 4.78 is 0. The third kappa shape index (κ3) is 3.13. The number of hydrogen-bond acceptors (Lipinski definition) is 4. The quantitative estimate of drug-likeness (QED) is 0.738. The number of benzene rings is 1. The molecule has 0 fully saturated rings. The first-order valence-corrected chi connectivity index (χ1v) is 5.89. The van der Waals surface area contributed by atoms with Crippen LogP contribution in [0.1, 0.15) is 32.4 Å². The van der Waals surface area contributed by atoms with Gasteiger partial charge in [-0.1, -0.05) is 6.07 Å². The van der Waals surface area contributed by atoms with Crippen LogP contribution in [0.4, 0.5) is 0 Å². The van der Waals surface area contributed by atoms with Crippen LogP contribution in [0, 0.1) is 0 Å². The summed E-state index contributed by atoms with van der Waals surface area (Å²) in [5, 5.41) is 19.6. The zero-order chi connectivity index (χ0) is 13.9. The average molecular weight is 252 g/mol. The molecule has 0 bridgehead atoms. The molecule has 1 aromatic carbocycles. The van der Waals surface area contributed by atoms with Gasteiger partial charge in [-0.15, -0.1) is 0 Å². The van der Waals surface area contributed by atoms with Gasteiger partial charge in [0, 0.05) is 12.1 Å². The van der Waals surface area contributed by atoms with E-state index in [0.717, 1.165) is 0 Å². The Morgan fingerprint density at radius 1 is 1.28 bits per heavy atom. The van der Waals surface area contributed by atoms with E-state index >= 15 is 0 Å². The Morgan fingerprint density at radius 2 is 1.78 bits per heavy atom. The number of nitrogens with two attached hydrogens (primary N) is 1. The van der Waals surface area contributed by atoms with Crippen molar-refractivity contribution < 1.29 is 15.0 Å². The maximum absolute atomic E-state index is 11.1. The predicted molar refractivity (Wildman–Crippen MR) is 69.2 cm³/mol. The number of phenols is 2. The number of rotatable bonds is 5. The Hall–Kier alpha value is -1.75. The number of phenolic OH excluding ortho intramolecular Hbond substituents is 2. The van der Waals surface area contributed by atoms with Crippen LogP contribution >= 0.6 is 0 Å². The zero-order valence-corrected chi connectivity index (χ0v) is 10.9. The lowest BCUT2D eigenvalue weighted by molar-refractivity contribution is -0.120.